The van der Waals surface area contributed by atoms with Crippen molar-refractivity contribution in [1.82, 2.24) is 0 Å². The Morgan fingerprint density at radius 3 is 0.731 bits per heavy atom. The lowest BCUT2D eigenvalue weighted by atomic mass is 10.0. The zero-order valence-corrected chi connectivity index (χ0v) is 62.2. The fourth-order valence-electron chi connectivity index (χ4n) is 11.4. The van der Waals surface area contributed by atoms with Crippen LogP contribution in [0.4, 0.5) is 0 Å². The lowest BCUT2D eigenvalue weighted by molar-refractivity contribution is -0.161. The van der Waals surface area contributed by atoms with E-state index in [2.05, 4.69) is 34.6 Å². The number of esters is 4. The second kappa shape index (κ2) is 67.3. The van der Waals surface area contributed by atoms with Crippen LogP contribution in [0.1, 0.15) is 388 Å². The van der Waals surface area contributed by atoms with E-state index in [0.29, 0.717) is 25.7 Å². The molecular formula is C74H144O17P2. The SMILES string of the molecule is CCCCCCCCCCCCCCCCCCCC(=O)O[C@H](COC(=O)CCCCCCCCCCCCCC(C)C)COP(=O)(O)OC[C@@H](O)COP(=O)(O)OC[C@@H](COC(=O)CCCCCCCCCC)OC(=O)CCCCCCCCCCCCCCCC. The molecule has 0 saturated heterocycles. The fraction of sp³-hybridized carbons (Fsp3) is 0.946. The molecule has 2 unspecified atom stereocenters. The maximum absolute atomic E-state index is 13.1. The number of hydrogen-bond acceptors (Lipinski definition) is 15. The highest BCUT2D eigenvalue weighted by Gasteiger charge is 2.30. The topological polar surface area (TPSA) is 237 Å². The smallest absolute Gasteiger partial charge is 0.462 e. The summed E-state index contributed by atoms with van der Waals surface area (Å²) >= 11 is 0. The third-order valence-electron chi connectivity index (χ3n) is 17.3. The van der Waals surface area contributed by atoms with Gasteiger partial charge in [0, 0.05) is 25.7 Å². The van der Waals surface area contributed by atoms with Crippen LogP contribution in [0.25, 0.3) is 0 Å². The molecule has 0 spiro atoms. The van der Waals surface area contributed by atoms with Gasteiger partial charge in [-0.2, -0.15) is 0 Å². The van der Waals surface area contributed by atoms with Gasteiger partial charge in [-0.3, -0.25) is 37.3 Å². The van der Waals surface area contributed by atoms with Crippen molar-refractivity contribution in [3.8, 4) is 0 Å². The largest absolute Gasteiger partial charge is 0.472 e. The summed E-state index contributed by atoms with van der Waals surface area (Å²) in [4.78, 5) is 72.7. The van der Waals surface area contributed by atoms with Gasteiger partial charge in [0.1, 0.15) is 19.3 Å². The highest BCUT2D eigenvalue weighted by Crippen LogP contribution is 2.45. The van der Waals surface area contributed by atoms with Crippen molar-refractivity contribution in [3.05, 3.63) is 0 Å². The zero-order valence-electron chi connectivity index (χ0n) is 60.4. The molecular weight excluding hydrogens is 1220 g/mol. The number of ether oxygens (including phenoxy) is 4. The molecule has 93 heavy (non-hydrogen) atoms. The lowest BCUT2D eigenvalue weighted by Gasteiger charge is -2.21. The van der Waals surface area contributed by atoms with Gasteiger partial charge in [-0.1, -0.05) is 336 Å². The van der Waals surface area contributed by atoms with Crippen LogP contribution >= 0.6 is 15.6 Å². The fourth-order valence-corrected chi connectivity index (χ4v) is 12.9. The maximum atomic E-state index is 13.1. The number of rotatable bonds is 74. The van der Waals surface area contributed by atoms with E-state index in [1.54, 1.807) is 0 Å². The number of aliphatic hydroxyl groups excluding tert-OH is 1. The third kappa shape index (κ3) is 68.4. The second-order valence-corrected chi connectivity index (χ2v) is 30.1. The van der Waals surface area contributed by atoms with Gasteiger partial charge < -0.3 is 33.8 Å². The first kappa shape index (κ1) is 91.1. The average molecular weight is 1370 g/mol. The van der Waals surface area contributed by atoms with E-state index in [1.165, 1.54) is 205 Å². The molecule has 0 fully saturated rings. The number of hydrogen-bond donors (Lipinski definition) is 3. The summed E-state index contributed by atoms with van der Waals surface area (Å²) in [6.07, 6.45) is 55.4. The van der Waals surface area contributed by atoms with Crippen molar-refractivity contribution in [2.75, 3.05) is 39.6 Å². The Labute approximate surface area is 568 Å². The van der Waals surface area contributed by atoms with Crippen molar-refractivity contribution < 1.29 is 80.2 Å². The Balaban J connectivity index is 5.22. The van der Waals surface area contributed by atoms with Crippen LogP contribution in [-0.2, 0) is 65.4 Å². The molecule has 17 nitrogen and oxygen atoms in total. The number of carbonyl (C=O) groups excluding carboxylic acids is 4. The van der Waals surface area contributed by atoms with Gasteiger partial charge >= 0.3 is 39.5 Å². The lowest BCUT2D eigenvalue weighted by Crippen LogP contribution is -2.30. The predicted octanol–water partition coefficient (Wildman–Crippen LogP) is 21.7. The van der Waals surface area contributed by atoms with Gasteiger partial charge in [0.2, 0.25) is 0 Å². The van der Waals surface area contributed by atoms with Crippen LogP contribution < -0.4 is 0 Å². The quantitative estimate of drug-likeness (QED) is 0.0222. The van der Waals surface area contributed by atoms with E-state index in [-0.39, 0.29) is 25.7 Å². The van der Waals surface area contributed by atoms with Crippen LogP contribution in [0.2, 0.25) is 0 Å². The maximum Gasteiger partial charge on any atom is 0.472 e. The van der Waals surface area contributed by atoms with Gasteiger partial charge in [0.15, 0.2) is 12.2 Å². The summed E-state index contributed by atoms with van der Waals surface area (Å²) in [5.41, 5.74) is 0. The van der Waals surface area contributed by atoms with Crippen LogP contribution in [0.5, 0.6) is 0 Å². The van der Waals surface area contributed by atoms with Crippen LogP contribution in [0.15, 0.2) is 0 Å². The van der Waals surface area contributed by atoms with Crippen molar-refractivity contribution >= 4 is 39.5 Å². The van der Waals surface area contributed by atoms with Crippen LogP contribution in [0, 0.1) is 5.92 Å². The van der Waals surface area contributed by atoms with Crippen LogP contribution in [0.3, 0.4) is 0 Å². The molecule has 0 radical (unpaired) electrons. The summed E-state index contributed by atoms with van der Waals surface area (Å²) in [5.74, 6) is -1.35. The zero-order chi connectivity index (χ0) is 68.4. The highest BCUT2D eigenvalue weighted by atomic mass is 31.2. The Morgan fingerprint density at radius 1 is 0.290 bits per heavy atom. The van der Waals surface area contributed by atoms with Gasteiger partial charge in [-0.25, -0.2) is 9.13 Å². The molecule has 0 bridgehead atoms. The second-order valence-electron chi connectivity index (χ2n) is 27.2. The third-order valence-corrected chi connectivity index (χ3v) is 19.2. The normalized spacial score (nSPS) is 14.0. The van der Waals surface area contributed by atoms with Crippen LogP contribution in [-0.4, -0.2) is 96.7 Å². The monoisotopic (exact) mass is 1370 g/mol. The van der Waals surface area contributed by atoms with E-state index < -0.39 is 97.5 Å². The number of carbonyl (C=O) groups is 4. The molecule has 0 heterocycles. The Hall–Kier alpha value is -1.94. The minimum atomic E-state index is -4.95. The summed E-state index contributed by atoms with van der Waals surface area (Å²) in [7, 11) is -9.90. The summed E-state index contributed by atoms with van der Waals surface area (Å²) in [5, 5.41) is 10.6. The highest BCUT2D eigenvalue weighted by molar-refractivity contribution is 7.47. The molecule has 0 aromatic heterocycles. The number of phosphoric ester groups is 2. The Morgan fingerprint density at radius 2 is 0.495 bits per heavy atom. The predicted molar refractivity (Wildman–Crippen MR) is 377 cm³/mol. The summed E-state index contributed by atoms with van der Waals surface area (Å²) < 4.78 is 68.4. The van der Waals surface area contributed by atoms with Gasteiger partial charge in [-0.05, 0) is 31.6 Å². The van der Waals surface area contributed by atoms with E-state index in [9.17, 15) is 43.2 Å². The molecule has 0 amide bonds. The summed E-state index contributed by atoms with van der Waals surface area (Å²) in [6.45, 7) is 7.27. The van der Waals surface area contributed by atoms with Crippen molar-refractivity contribution in [3.63, 3.8) is 0 Å². The standard InChI is InChI=1S/C74H144O17P2/c1-6-9-12-15-18-21-23-25-27-28-29-31-35-40-45-50-55-60-74(79)91-70(64-85-72(77)58-53-48-43-38-36-32-33-37-41-46-51-56-67(4)5)66-89-93(82,83)87-62-68(75)61-86-92(80,81)88-65-69(63-84-71(76)57-52-47-42-20-17-14-11-8-3)90-73(78)59-54-49-44-39-34-30-26-24-22-19-16-13-10-7-2/h67-70,75H,6-66H2,1-5H3,(H,80,81)(H,82,83)/t68-,69+,70+/m0/s1. The number of phosphoric acid groups is 2. The molecule has 0 aliphatic carbocycles. The first-order chi connectivity index (χ1) is 45.0. The minimum Gasteiger partial charge on any atom is -0.462 e. The molecule has 0 aromatic carbocycles. The van der Waals surface area contributed by atoms with Gasteiger partial charge in [0.25, 0.3) is 0 Å². The molecule has 0 rings (SSSR count). The Kier molecular flexibility index (Phi) is 65.9. The van der Waals surface area contributed by atoms with E-state index >= 15 is 0 Å². The molecule has 0 aromatic rings. The van der Waals surface area contributed by atoms with E-state index in [1.807, 2.05) is 0 Å². The molecule has 0 aliphatic rings. The molecule has 552 valence electrons. The molecule has 3 N–H and O–H groups in total. The molecule has 19 heteroatoms. The minimum absolute atomic E-state index is 0.108. The summed E-state index contributed by atoms with van der Waals surface area (Å²) in [6, 6.07) is 0. The number of aliphatic hydroxyl groups is 1. The van der Waals surface area contributed by atoms with Crippen molar-refractivity contribution in [2.45, 2.75) is 406 Å². The van der Waals surface area contributed by atoms with Crippen molar-refractivity contribution in [1.29, 1.82) is 0 Å². The molecule has 5 atom stereocenters. The van der Waals surface area contributed by atoms with Crippen molar-refractivity contribution in [2.24, 2.45) is 5.92 Å². The Bertz CT molecular complexity index is 1790. The average Bonchev–Trinajstić information content (AvgIpc) is 1.70. The first-order valence-electron chi connectivity index (χ1n) is 38.6. The number of unbranched alkanes of at least 4 members (excludes halogenated alkanes) is 46. The van der Waals surface area contributed by atoms with Gasteiger partial charge in [0.05, 0.1) is 26.4 Å². The first-order valence-corrected chi connectivity index (χ1v) is 41.6. The molecule has 0 saturated carbocycles. The molecule has 0 aliphatic heterocycles. The van der Waals surface area contributed by atoms with E-state index in [0.717, 1.165) is 102 Å². The van der Waals surface area contributed by atoms with E-state index in [4.69, 9.17) is 37.0 Å². The van der Waals surface area contributed by atoms with Gasteiger partial charge in [-0.15, -0.1) is 0 Å².